The number of nitrogens with zero attached hydrogens (tertiary/aromatic N) is 4. The summed E-state index contributed by atoms with van der Waals surface area (Å²) in [5.41, 5.74) is 1.95. The zero-order chi connectivity index (χ0) is 44.4. The van der Waals surface area contributed by atoms with E-state index in [4.69, 9.17) is 4.74 Å². The summed E-state index contributed by atoms with van der Waals surface area (Å²) < 4.78 is 5.81. The van der Waals surface area contributed by atoms with Crippen LogP contribution in [0.2, 0.25) is 0 Å². The van der Waals surface area contributed by atoms with Gasteiger partial charge in [0.1, 0.15) is 0 Å². The third kappa shape index (κ3) is 16.6. The van der Waals surface area contributed by atoms with E-state index < -0.39 is 0 Å². The average Bonchev–Trinajstić information content (AvgIpc) is 3.67. The van der Waals surface area contributed by atoms with Gasteiger partial charge in [-0.15, -0.1) is 0 Å². The number of hydrogen-bond donors (Lipinski definition) is 1. The van der Waals surface area contributed by atoms with Crippen molar-refractivity contribution in [3.63, 3.8) is 0 Å². The monoisotopic (exact) mass is 859 g/mol. The molecule has 62 heavy (non-hydrogen) atoms. The summed E-state index contributed by atoms with van der Waals surface area (Å²) in [5.74, 6) is -0.807. The molecule has 11 nitrogen and oxygen atoms in total. The second-order valence-corrected chi connectivity index (χ2v) is 17.5. The summed E-state index contributed by atoms with van der Waals surface area (Å²) in [6, 6.07) is 14.1. The third-order valence-electron chi connectivity index (χ3n) is 12.6. The molecule has 344 valence electrons. The van der Waals surface area contributed by atoms with Gasteiger partial charge in [-0.05, 0) is 128 Å². The number of esters is 1. The van der Waals surface area contributed by atoms with Gasteiger partial charge in [0.25, 0.3) is 23.6 Å². The van der Waals surface area contributed by atoms with Gasteiger partial charge in [-0.25, -0.2) is 0 Å². The molecule has 2 aromatic rings. The van der Waals surface area contributed by atoms with Crippen LogP contribution >= 0.6 is 0 Å². The van der Waals surface area contributed by atoms with Crippen LogP contribution in [-0.2, 0) is 9.53 Å². The lowest BCUT2D eigenvalue weighted by Gasteiger charge is -2.26. The van der Waals surface area contributed by atoms with Crippen molar-refractivity contribution in [2.45, 2.75) is 149 Å². The minimum Gasteiger partial charge on any atom is -0.465 e. The van der Waals surface area contributed by atoms with Crippen LogP contribution in [0.3, 0.4) is 0 Å². The van der Waals surface area contributed by atoms with E-state index in [1.165, 1.54) is 29.1 Å². The highest BCUT2D eigenvalue weighted by molar-refractivity contribution is 6.22. The minimum atomic E-state index is -0.207. The van der Waals surface area contributed by atoms with Crippen LogP contribution in [0.4, 0.5) is 0 Å². The van der Waals surface area contributed by atoms with Crippen LogP contribution in [0.5, 0.6) is 0 Å². The van der Waals surface area contributed by atoms with Gasteiger partial charge < -0.3 is 19.6 Å². The SMILES string of the molecule is CCCCCCC(CCCCC)C(=O)OCCCCCCN(CCCCN(CCCCCCO)CCCN1C(=O)c2ccccc2C1=O)CCCN1C(=O)c2ccccc2C1=O. The Labute approximate surface area is 372 Å². The van der Waals surface area contributed by atoms with Crippen LogP contribution in [0, 0.1) is 5.92 Å². The molecule has 0 aromatic heterocycles. The second kappa shape index (κ2) is 29.4. The maximum atomic E-state index is 13.0. The van der Waals surface area contributed by atoms with Crippen LogP contribution in [0.25, 0.3) is 0 Å². The van der Waals surface area contributed by atoms with E-state index in [0.717, 1.165) is 142 Å². The zero-order valence-electron chi connectivity index (χ0n) is 38.3. The molecule has 0 bridgehead atoms. The number of aliphatic hydroxyl groups excluding tert-OH is 1. The van der Waals surface area contributed by atoms with E-state index in [-0.39, 0.29) is 42.1 Å². The first kappa shape index (κ1) is 50.7. The number of imide groups is 2. The van der Waals surface area contributed by atoms with E-state index in [1.807, 2.05) is 0 Å². The standard InChI is InChI=1S/C51H78N4O7/c1-3-5-7-13-27-42(26-12-6-4-2)51(61)62-41-23-11-9-19-33-53(37-25-39-55-49(59)45-30-16-17-31-46(45)50(55)60)35-21-20-34-52(32-18-8-10-22-40-56)36-24-38-54-47(57)43-28-14-15-29-44(43)48(54)58/h14-17,28-31,42,56H,3-13,18-27,32-41H2,1-2H3. The fourth-order valence-electron chi connectivity index (χ4n) is 8.85. The Hall–Kier alpha value is -3.93. The van der Waals surface area contributed by atoms with Crippen molar-refractivity contribution in [1.82, 2.24) is 19.6 Å². The normalized spacial score (nSPS) is 14.1. The molecule has 0 saturated heterocycles. The predicted octanol–water partition coefficient (Wildman–Crippen LogP) is 9.57. The Morgan fingerprint density at radius 1 is 0.500 bits per heavy atom. The number of amides is 4. The Kier molecular flexibility index (Phi) is 24.1. The number of ether oxygens (including phenoxy) is 1. The lowest BCUT2D eigenvalue weighted by atomic mass is 9.95. The van der Waals surface area contributed by atoms with Gasteiger partial charge >= 0.3 is 5.97 Å². The van der Waals surface area contributed by atoms with E-state index >= 15 is 0 Å². The maximum Gasteiger partial charge on any atom is 0.308 e. The molecule has 0 saturated carbocycles. The second-order valence-electron chi connectivity index (χ2n) is 17.5. The van der Waals surface area contributed by atoms with Crippen molar-refractivity contribution in [2.75, 3.05) is 65.6 Å². The summed E-state index contributed by atoms with van der Waals surface area (Å²) in [4.78, 5) is 72.7. The molecule has 2 aliphatic heterocycles. The van der Waals surface area contributed by atoms with Crippen molar-refractivity contribution < 1.29 is 33.8 Å². The largest absolute Gasteiger partial charge is 0.465 e. The molecule has 0 aliphatic carbocycles. The fraction of sp³-hybridized carbons (Fsp3) is 0.667. The lowest BCUT2D eigenvalue weighted by molar-refractivity contribution is -0.149. The fourth-order valence-corrected chi connectivity index (χ4v) is 8.85. The molecule has 1 N–H and O–H groups in total. The van der Waals surface area contributed by atoms with Crippen molar-refractivity contribution in [3.8, 4) is 0 Å². The van der Waals surface area contributed by atoms with E-state index in [9.17, 15) is 29.1 Å². The summed E-state index contributed by atoms with van der Waals surface area (Å²) in [6.07, 6.45) is 21.2. The van der Waals surface area contributed by atoms with Crippen LogP contribution in [-0.4, -0.2) is 120 Å². The Bertz CT molecular complexity index is 1600. The topological polar surface area (TPSA) is 128 Å². The number of rotatable bonds is 36. The molecular formula is C51H78N4O7. The number of fused-ring (bicyclic) bond motifs is 2. The molecule has 1 unspecified atom stereocenters. The number of carbonyl (C=O) groups is 5. The molecule has 11 heteroatoms. The quantitative estimate of drug-likeness (QED) is 0.0405. The van der Waals surface area contributed by atoms with Gasteiger partial charge in [-0.3, -0.25) is 33.8 Å². The van der Waals surface area contributed by atoms with Gasteiger partial charge in [-0.1, -0.05) is 109 Å². The van der Waals surface area contributed by atoms with E-state index in [0.29, 0.717) is 54.8 Å². The van der Waals surface area contributed by atoms with Gasteiger partial charge in [0.2, 0.25) is 0 Å². The molecule has 4 amide bonds. The summed E-state index contributed by atoms with van der Waals surface area (Å²) in [6.45, 7) is 11.2. The molecule has 2 heterocycles. The maximum absolute atomic E-state index is 13.0. The van der Waals surface area contributed by atoms with Crippen molar-refractivity contribution >= 4 is 29.6 Å². The molecule has 4 rings (SSSR count). The molecule has 1 atom stereocenters. The van der Waals surface area contributed by atoms with Crippen LogP contribution in [0.15, 0.2) is 48.5 Å². The molecule has 2 aliphatic rings. The summed E-state index contributed by atoms with van der Waals surface area (Å²) in [5, 5.41) is 9.24. The van der Waals surface area contributed by atoms with Gasteiger partial charge in [0, 0.05) is 19.7 Å². The first-order chi connectivity index (χ1) is 30.3. The zero-order valence-corrected chi connectivity index (χ0v) is 38.3. The van der Waals surface area contributed by atoms with Crippen LogP contribution in [0.1, 0.15) is 190 Å². The first-order valence-electron chi connectivity index (χ1n) is 24.4. The minimum absolute atomic E-state index is 0.00937. The highest BCUT2D eigenvalue weighted by Gasteiger charge is 2.35. The van der Waals surface area contributed by atoms with Gasteiger partial charge in [-0.2, -0.15) is 0 Å². The average molecular weight is 859 g/mol. The Balaban J connectivity index is 1.23. The van der Waals surface area contributed by atoms with Gasteiger partial charge in [0.05, 0.1) is 34.8 Å². The number of aliphatic hydroxyl groups is 1. The highest BCUT2D eigenvalue weighted by Crippen LogP contribution is 2.24. The predicted molar refractivity (Wildman–Crippen MR) is 246 cm³/mol. The number of hydrogen-bond acceptors (Lipinski definition) is 9. The third-order valence-corrected chi connectivity index (χ3v) is 12.6. The highest BCUT2D eigenvalue weighted by atomic mass is 16.5. The number of unbranched alkanes of at least 4 members (excludes halogenated alkanes) is 12. The molecule has 0 spiro atoms. The van der Waals surface area contributed by atoms with Gasteiger partial charge in [0.15, 0.2) is 0 Å². The van der Waals surface area contributed by atoms with E-state index in [1.54, 1.807) is 48.5 Å². The van der Waals surface area contributed by atoms with E-state index in [2.05, 4.69) is 23.6 Å². The van der Waals surface area contributed by atoms with Crippen molar-refractivity contribution in [1.29, 1.82) is 0 Å². The van der Waals surface area contributed by atoms with Crippen molar-refractivity contribution in [3.05, 3.63) is 70.8 Å². The number of carbonyl (C=O) groups excluding carboxylic acids is 5. The summed E-state index contributed by atoms with van der Waals surface area (Å²) >= 11 is 0. The summed E-state index contributed by atoms with van der Waals surface area (Å²) in [7, 11) is 0. The Morgan fingerprint density at radius 2 is 0.855 bits per heavy atom. The molecule has 0 radical (unpaired) electrons. The van der Waals surface area contributed by atoms with Crippen LogP contribution < -0.4 is 0 Å². The molecular weight excluding hydrogens is 781 g/mol. The van der Waals surface area contributed by atoms with Crippen molar-refractivity contribution in [2.24, 2.45) is 5.92 Å². The smallest absolute Gasteiger partial charge is 0.308 e. The lowest BCUT2D eigenvalue weighted by Crippen LogP contribution is -2.35. The Morgan fingerprint density at radius 3 is 1.29 bits per heavy atom. The molecule has 0 fully saturated rings. The first-order valence-corrected chi connectivity index (χ1v) is 24.4. The number of benzene rings is 2. The molecule has 2 aromatic carbocycles.